The Hall–Kier alpha value is -1.28. The fourth-order valence-electron chi connectivity index (χ4n) is 0.0676. The highest BCUT2D eigenvalue weighted by Gasteiger charge is 1.87. The lowest BCUT2D eigenvalue weighted by Crippen LogP contribution is -1.92. The standard InChI is InChI=1S/C3H3NO2.C2H3ClO2/c4-2-1-3(5)6;3-1-2(4)5/h1H2,(H,5,6);1H2,(H,4,5). The van der Waals surface area contributed by atoms with Crippen molar-refractivity contribution in [3.63, 3.8) is 0 Å². The van der Waals surface area contributed by atoms with Crippen LogP contribution in [0.3, 0.4) is 0 Å². The first-order chi connectivity index (χ1) is 5.04. The molecule has 0 rings (SSSR count). The zero-order valence-electron chi connectivity index (χ0n) is 5.45. The third-order valence-corrected chi connectivity index (χ3v) is 0.573. The van der Waals surface area contributed by atoms with E-state index in [2.05, 4.69) is 0 Å². The molecule has 62 valence electrons. The maximum absolute atomic E-state index is 9.38. The quantitative estimate of drug-likeness (QED) is 0.594. The molecule has 0 amide bonds. The maximum atomic E-state index is 9.38. The van der Waals surface area contributed by atoms with Crippen LogP contribution < -0.4 is 0 Å². The molecule has 0 aromatic heterocycles. The summed E-state index contributed by atoms with van der Waals surface area (Å²) in [6.45, 7) is 0. The summed E-state index contributed by atoms with van der Waals surface area (Å²) in [7, 11) is 0. The minimum absolute atomic E-state index is 0.306. The Morgan fingerprint density at radius 2 is 1.73 bits per heavy atom. The molecule has 0 radical (unpaired) electrons. The average Bonchev–Trinajstić information content (AvgIpc) is 1.89. The van der Waals surface area contributed by atoms with E-state index in [1.807, 2.05) is 0 Å². The topological polar surface area (TPSA) is 98.4 Å². The Bertz CT molecular complexity index is 174. The van der Waals surface area contributed by atoms with Gasteiger partial charge in [-0.1, -0.05) is 0 Å². The van der Waals surface area contributed by atoms with E-state index in [0.29, 0.717) is 0 Å². The largest absolute Gasteiger partial charge is 0.480 e. The number of hydrogen-bond acceptors (Lipinski definition) is 3. The van der Waals surface area contributed by atoms with Crippen LogP contribution in [0.5, 0.6) is 0 Å². The summed E-state index contributed by atoms with van der Waals surface area (Å²) in [5, 5.41) is 22.9. The van der Waals surface area contributed by atoms with Crippen LogP contribution in [0, 0.1) is 11.3 Å². The van der Waals surface area contributed by atoms with Crippen molar-refractivity contribution in [3.05, 3.63) is 0 Å². The van der Waals surface area contributed by atoms with Crippen LogP contribution in [0.15, 0.2) is 0 Å². The zero-order chi connectivity index (χ0) is 9.28. The van der Waals surface area contributed by atoms with Crippen molar-refractivity contribution < 1.29 is 19.8 Å². The second kappa shape index (κ2) is 8.72. The molecule has 5 nitrogen and oxygen atoms in total. The van der Waals surface area contributed by atoms with Gasteiger partial charge in [0.2, 0.25) is 0 Å². The van der Waals surface area contributed by atoms with E-state index in [0.717, 1.165) is 0 Å². The van der Waals surface area contributed by atoms with E-state index in [4.69, 9.17) is 27.1 Å². The van der Waals surface area contributed by atoms with E-state index in [1.165, 1.54) is 6.07 Å². The van der Waals surface area contributed by atoms with Gasteiger partial charge in [0.1, 0.15) is 12.3 Å². The molecule has 2 N–H and O–H groups in total. The molecule has 0 fully saturated rings. The van der Waals surface area contributed by atoms with Gasteiger partial charge in [0, 0.05) is 0 Å². The monoisotopic (exact) mass is 179 g/mol. The highest BCUT2D eigenvalue weighted by Crippen LogP contribution is 1.68. The molecule has 0 aromatic carbocycles. The van der Waals surface area contributed by atoms with Crippen LogP contribution in [0.4, 0.5) is 0 Å². The van der Waals surface area contributed by atoms with Crippen molar-refractivity contribution in [2.45, 2.75) is 6.42 Å². The second-order valence-electron chi connectivity index (χ2n) is 1.26. The zero-order valence-corrected chi connectivity index (χ0v) is 6.21. The van der Waals surface area contributed by atoms with E-state index >= 15 is 0 Å². The molecule has 0 aromatic rings. The minimum atomic E-state index is -1.07. The molecule has 0 atom stereocenters. The number of carbonyl (C=O) groups is 2. The lowest BCUT2D eigenvalue weighted by molar-refractivity contribution is -0.136. The Morgan fingerprint density at radius 1 is 1.36 bits per heavy atom. The number of halogens is 1. The molecule has 0 heterocycles. The summed E-state index contributed by atoms with van der Waals surface area (Å²) in [5.74, 6) is -2.36. The normalized spacial score (nSPS) is 6.91. The van der Waals surface area contributed by atoms with Crippen molar-refractivity contribution in [2.24, 2.45) is 0 Å². The van der Waals surface area contributed by atoms with E-state index in [1.54, 1.807) is 0 Å². The van der Waals surface area contributed by atoms with Crippen molar-refractivity contribution in [2.75, 3.05) is 5.88 Å². The summed E-state index contributed by atoms with van der Waals surface area (Å²) in [4.78, 5) is 18.6. The first kappa shape index (κ1) is 12.4. The number of nitrogens with zero attached hydrogens (tertiary/aromatic N) is 1. The fourth-order valence-corrected chi connectivity index (χ4v) is 0.0676. The lowest BCUT2D eigenvalue weighted by atomic mass is 10.5. The first-order valence-corrected chi connectivity index (χ1v) is 2.94. The summed E-state index contributed by atoms with van der Waals surface area (Å²) in [5.41, 5.74) is 0. The predicted octanol–water partition coefficient (Wildman–Crippen LogP) is 0.294. The molecular weight excluding hydrogens is 174 g/mol. The van der Waals surface area contributed by atoms with E-state index < -0.39 is 18.4 Å². The molecule has 0 saturated carbocycles. The number of nitriles is 1. The van der Waals surface area contributed by atoms with Crippen LogP contribution >= 0.6 is 11.6 Å². The van der Waals surface area contributed by atoms with E-state index in [-0.39, 0.29) is 5.88 Å². The smallest absolute Gasteiger partial charge is 0.318 e. The van der Waals surface area contributed by atoms with Gasteiger partial charge in [-0.25, -0.2) is 0 Å². The lowest BCUT2D eigenvalue weighted by Gasteiger charge is -1.70. The number of aliphatic carboxylic acids is 2. The number of rotatable bonds is 2. The van der Waals surface area contributed by atoms with Crippen LogP contribution in [-0.4, -0.2) is 28.0 Å². The summed E-state index contributed by atoms with van der Waals surface area (Å²) < 4.78 is 0. The molecule has 0 aliphatic heterocycles. The number of carboxylic acids is 2. The summed E-state index contributed by atoms with van der Waals surface area (Å²) in [6, 6.07) is 1.47. The molecule has 0 unspecified atom stereocenters. The highest BCUT2D eigenvalue weighted by molar-refractivity contribution is 6.26. The summed E-state index contributed by atoms with van der Waals surface area (Å²) in [6.07, 6.45) is -0.403. The van der Waals surface area contributed by atoms with Gasteiger partial charge < -0.3 is 10.2 Å². The number of carboxylic acid groups (broad SMARTS) is 2. The van der Waals surface area contributed by atoms with Crippen LogP contribution in [0.1, 0.15) is 6.42 Å². The van der Waals surface area contributed by atoms with Crippen LogP contribution in [0.25, 0.3) is 0 Å². The molecule has 0 aliphatic rings. The first-order valence-electron chi connectivity index (χ1n) is 2.41. The molecular formula is C5H6ClNO4. The van der Waals surface area contributed by atoms with Gasteiger partial charge in [-0.2, -0.15) is 5.26 Å². The van der Waals surface area contributed by atoms with Gasteiger partial charge >= 0.3 is 11.9 Å². The van der Waals surface area contributed by atoms with Gasteiger partial charge in [-0.3, -0.25) is 9.59 Å². The molecule has 0 saturated heterocycles. The van der Waals surface area contributed by atoms with Gasteiger partial charge in [-0.15, -0.1) is 11.6 Å². The van der Waals surface area contributed by atoms with Crippen LogP contribution in [-0.2, 0) is 9.59 Å². The third-order valence-electron chi connectivity index (χ3n) is 0.345. The van der Waals surface area contributed by atoms with Gasteiger partial charge in [0.15, 0.2) is 0 Å². The summed E-state index contributed by atoms with van der Waals surface area (Å²) >= 11 is 4.74. The fraction of sp³-hybridized carbons (Fsp3) is 0.400. The SMILES string of the molecule is N#CCC(=O)O.O=C(O)CCl. The van der Waals surface area contributed by atoms with Gasteiger partial charge in [-0.05, 0) is 0 Å². The third kappa shape index (κ3) is 28.5. The number of hydrogen-bond donors (Lipinski definition) is 2. The maximum Gasteiger partial charge on any atom is 0.318 e. The second-order valence-corrected chi connectivity index (χ2v) is 1.52. The Labute approximate surface area is 67.8 Å². The Balaban J connectivity index is 0. The van der Waals surface area contributed by atoms with Gasteiger partial charge in [0.25, 0.3) is 0 Å². The van der Waals surface area contributed by atoms with Crippen LogP contribution in [0.2, 0.25) is 0 Å². The van der Waals surface area contributed by atoms with Crippen molar-refractivity contribution in [1.82, 2.24) is 0 Å². The number of alkyl halides is 1. The molecule has 11 heavy (non-hydrogen) atoms. The minimum Gasteiger partial charge on any atom is -0.480 e. The van der Waals surface area contributed by atoms with E-state index in [9.17, 15) is 9.59 Å². The average molecular weight is 180 g/mol. The molecule has 0 bridgehead atoms. The highest BCUT2D eigenvalue weighted by atomic mass is 35.5. The molecule has 6 heteroatoms. The Kier molecular flexibility index (Phi) is 9.83. The molecule has 0 aliphatic carbocycles. The van der Waals surface area contributed by atoms with Crippen molar-refractivity contribution >= 4 is 23.5 Å². The molecule has 0 spiro atoms. The van der Waals surface area contributed by atoms with Crippen molar-refractivity contribution in [1.29, 1.82) is 5.26 Å². The van der Waals surface area contributed by atoms with Crippen molar-refractivity contribution in [3.8, 4) is 6.07 Å². The predicted molar refractivity (Wildman–Crippen MR) is 36.2 cm³/mol. The van der Waals surface area contributed by atoms with Gasteiger partial charge in [0.05, 0.1) is 6.07 Å². The Morgan fingerprint density at radius 3 is 1.73 bits per heavy atom.